The molecular weight excluding hydrogens is 853 g/mol. The van der Waals surface area contributed by atoms with Crippen LogP contribution in [0.5, 0.6) is 0 Å². The largest absolute Gasteiger partial charge is 0.462 e. The van der Waals surface area contributed by atoms with Crippen molar-refractivity contribution < 1.29 is 28.6 Å². The van der Waals surface area contributed by atoms with Crippen LogP contribution in [0.2, 0.25) is 0 Å². The Morgan fingerprint density at radius 1 is 0.304 bits per heavy atom. The van der Waals surface area contributed by atoms with Crippen molar-refractivity contribution in [1.29, 1.82) is 0 Å². The van der Waals surface area contributed by atoms with E-state index in [9.17, 15) is 14.4 Å². The average molecular weight is 956 g/mol. The minimum Gasteiger partial charge on any atom is -0.462 e. The van der Waals surface area contributed by atoms with E-state index in [0.717, 1.165) is 148 Å². The molecule has 0 aliphatic carbocycles. The Hall–Kier alpha value is -4.19. The van der Waals surface area contributed by atoms with E-state index in [-0.39, 0.29) is 31.1 Å². The van der Waals surface area contributed by atoms with Gasteiger partial charge in [-0.25, -0.2) is 0 Å². The van der Waals surface area contributed by atoms with E-state index < -0.39 is 6.10 Å². The molecule has 0 rings (SSSR count). The molecule has 0 spiro atoms. The summed E-state index contributed by atoms with van der Waals surface area (Å²) in [6, 6.07) is 0. The Morgan fingerprint density at radius 2 is 0.565 bits per heavy atom. The number of hydrogen-bond acceptors (Lipinski definition) is 6. The Balaban J connectivity index is 4.19. The van der Waals surface area contributed by atoms with E-state index in [1.165, 1.54) is 51.4 Å². The molecule has 0 N–H and O–H groups in total. The normalized spacial score (nSPS) is 13.0. The minimum absolute atomic E-state index is 0.0948. The molecule has 0 aromatic carbocycles. The van der Waals surface area contributed by atoms with Gasteiger partial charge in [0.25, 0.3) is 0 Å². The lowest BCUT2D eigenvalue weighted by atomic mass is 10.1. The molecule has 0 saturated heterocycles. The maximum atomic E-state index is 12.7. The third-order valence-corrected chi connectivity index (χ3v) is 11.5. The zero-order valence-electron chi connectivity index (χ0n) is 44.5. The molecule has 1 atom stereocenters. The predicted molar refractivity (Wildman–Crippen MR) is 297 cm³/mol. The molecule has 0 bridgehead atoms. The summed E-state index contributed by atoms with van der Waals surface area (Å²) in [6.45, 7) is 6.39. The molecule has 0 saturated carbocycles. The van der Waals surface area contributed by atoms with Gasteiger partial charge in [0.2, 0.25) is 0 Å². The summed E-state index contributed by atoms with van der Waals surface area (Å²) < 4.78 is 16.6. The molecule has 1 unspecified atom stereocenters. The first-order valence-electron chi connectivity index (χ1n) is 28.0. The zero-order valence-corrected chi connectivity index (χ0v) is 44.5. The Labute approximate surface area is 424 Å². The van der Waals surface area contributed by atoms with Crippen LogP contribution in [-0.4, -0.2) is 37.2 Å². The molecule has 0 aliphatic heterocycles. The first-order chi connectivity index (χ1) is 34.0. The lowest BCUT2D eigenvalue weighted by Gasteiger charge is -2.18. The van der Waals surface area contributed by atoms with E-state index in [1.807, 2.05) is 0 Å². The van der Waals surface area contributed by atoms with Gasteiger partial charge in [-0.15, -0.1) is 0 Å². The van der Waals surface area contributed by atoms with Crippen molar-refractivity contribution in [3.8, 4) is 0 Å². The second-order valence-corrected chi connectivity index (χ2v) is 18.1. The molecule has 6 nitrogen and oxygen atoms in total. The number of ether oxygens (including phenoxy) is 3. The van der Waals surface area contributed by atoms with Crippen molar-refractivity contribution in [3.63, 3.8) is 0 Å². The van der Waals surface area contributed by atoms with Gasteiger partial charge >= 0.3 is 17.9 Å². The van der Waals surface area contributed by atoms with Crippen molar-refractivity contribution >= 4 is 17.9 Å². The average Bonchev–Trinajstić information content (AvgIpc) is 3.35. The van der Waals surface area contributed by atoms with Crippen molar-refractivity contribution in [2.45, 2.75) is 245 Å². The third kappa shape index (κ3) is 54.6. The second kappa shape index (κ2) is 56.4. The summed E-state index contributed by atoms with van der Waals surface area (Å²) in [7, 11) is 0. The van der Waals surface area contributed by atoms with Crippen LogP contribution in [0.25, 0.3) is 0 Å². The van der Waals surface area contributed by atoms with E-state index >= 15 is 0 Å². The van der Waals surface area contributed by atoms with Crippen LogP contribution in [0.4, 0.5) is 0 Å². The Bertz CT molecular complexity index is 1470. The molecule has 0 heterocycles. The summed E-state index contributed by atoms with van der Waals surface area (Å²) in [5.74, 6) is -0.957. The van der Waals surface area contributed by atoms with E-state index in [0.29, 0.717) is 19.3 Å². The van der Waals surface area contributed by atoms with Crippen LogP contribution in [0, 0.1) is 0 Å². The number of unbranched alkanes of at least 4 members (excludes halogenated alkanes) is 18. The fourth-order valence-corrected chi connectivity index (χ4v) is 7.25. The first kappa shape index (κ1) is 64.8. The summed E-state index contributed by atoms with van der Waals surface area (Å²) in [5.41, 5.74) is 0. The zero-order chi connectivity index (χ0) is 50.0. The molecule has 0 aliphatic rings. The number of hydrogen-bond donors (Lipinski definition) is 0. The van der Waals surface area contributed by atoms with Gasteiger partial charge in [0.1, 0.15) is 13.2 Å². The lowest BCUT2D eigenvalue weighted by molar-refractivity contribution is -0.167. The summed E-state index contributed by atoms with van der Waals surface area (Å²) in [6.07, 6.45) is 78.1. The number of carbonyl (C=O) groups is 3. The van der Waals surface area contributed by atoms with Gasteiger partial charge in [-0.3, -0.25) is 14.4 Å². The van der Waals surface area contributed by atoms with Crippen LogP contribution in [0.3, 0.4) is 0 Å². The van der Waals surface area contributed by atoms with Crippen molar-refractivity contribution in [3.05, 3.63) is 122 Å². The molecule has 0 fully saturated rings. The van der Waals surface area contributed by atoms with Crippen molar-refractivity contribution in [1.82, 2.24) is 0 Å². The van der Waals surface area contributed by atoms with E-state index in [2.05, 4.69) is 142 Å². The molecule has 0 radical (unpaired) electrons. The molecule has 0 amide bonds. The minimum atomic E-state index is -0.794. The number of carbonyl (C=O) groups excluding carboxylic acids is 3. The highest BCUT2D eigenvalue weighted by molar-refractivity contribution is 5.71. The molecule has 6 heteroatoms. The summed E-state index contributed by atoms with van der Waals surface area (Å²) in [5, 5.41) is 0. The van der Waals surface area contributed by atoms with E-state index in [4.69, 9.17) is 14.2 Å². The third-order valence-electron chi connectivity index (χ3n) is 11.5. The van der Waals surface area contributed by atoms with Gasteiger partial charge in [-0.05, 0) is 116 Å². The summed E-state index contributed by atoms with van der Waals surface area (Å²) in [4.78, 5) is 37.7. The van der Waals surface area contributed by atoms with Gasteiger partial charge in [-0.2, -0.15) is 0 Å². The fourth-order valence-electron chi connectivity index (χ4n) is 7.25. The molecule has 390 valence electrons. The fraction of sp³-hybridized carbons (Fsp3) is 0.635. The molecule has 69 heavy (non-hydrogen) atoms. The monoisotopic (exact) mass is 955 g/mol. The van der Waals surface area contributed by atoms with Gasteiger partial charge < -0.3 is 14.2 Å². The topological polar surface area (TPSA) is 78.9 Å². The highest BCUT2D eigenvalue weighted by Gasteiger charge is 2.19. The van der Waals surface area contributed by atoms with E-state index in [1.54, 1.807) is 0 Å². The molecule has 0 aromatic rings. The first-order valence-corrected chi connectivity index (χ1v) is 28.0. The van der Waals surface area contributed by atoms with Crippen LogP contribution < -0.4 is 0 Å². The molecule has 0 aromatic heterocycles. The highest BCUT2D eigenvalue weighted by atomic mass is 16.6. The van der Waals surface area contributed by atoms with Crippen LogP contribution >= 0.6 is 0 Å². The Morgan fingerprint density at radius 3 is 0.913 bits per heavy atom. The van der Waals surface area contributed by atoms with Gasteiger partial charge in [-0.1, -0.05) is 226 Å². The maximum Gasteiger partial charge on any atom is 0.306 e. The smallest absolute Gasteiger partial charge is 0.306 e. The maximum absolute atomic E-state index is 12.7. The highest BCUT2D eigenvalue weighted by Crippen LogP contribution is 2.13. The second-order valence-electron chi connectivity index (χ2n) is 18.1. The SMILES string of the molecule is CC/C=C\C/C=C\C/C=C\C/C=C\C/C=C\C/C=C\C/C=C\C/C=C\C/C=C\CCCCCC(=O)OCC(COC(=O)CCCCCCC)OC(=O)CCCCCCC/C=C\CCCCCCCC. The van der Waals surface area contributed by atoms with Crippen LogP contribution in [0.15, 0.2) is 122 Å². The van der Waals surface area contributed by atoms with Gasteiger partial charge in [0.05, 0.1) is 0 Å². The predicted octanol–water partition coefficient (Wildman–Crippen LogP) is 18.9. The lowest BCUT2D eigenvalue weighted by Crippen LogP contribution is -2.30. The quantitative estimate of drug-likeness (QED) is 0.0262. The summed E-state index contributed by atoms with van der Waals surface area (Å²) >= 11 is 0. The number of esters is 3. The van der Waals surface area contributed by atoms with Gasteiger partial charge in [0, 0.05) is 19.3 Å². The Kier molecular flexibility index (Phi) is 53.0. The van der Waals surface area contributed by atoms with Crippen LogP contribution in [-0.2, 0) is 28.6 Å². The van der Waals surface area contributed by atoms with Crippen molar-refractivity contribution in [2.24, 2.45) is 0 Å². The molecular formula is C63H102O6. The van der Waals surface area contributed by atoms with Crippen LogP contribution in [0.1, 0.15) is 239 Å². The standard InChI is InChI=1S/C63H102O6/c1-4-7-10-13-15-17-19-21-23-24-25-26-27-28-29-30-31-32-33-34-35-36-37-38-40-41-43-45-47-50-53-56-62(65)68-59-60(58-67-61(64)55-52-49-12-9-6-3)69-63(66)57-54-51-48-46-44-42-39-22-20-18-16-14-11-8-5-2/h7,10,15,17,21-23,25-26,28-29,31-32,34-35,37-39,41,43,60H,4-6,8-9,11-14,16,18-20,24,27,30,33,36,40,42,44-59H2,1-3H3/b10-7-,17-15-,23-21-,26-25-,29-28-,32-31-,35-34-,38-37-,39-22-,43-41-. The van der Waals surface area contributed by atoms with Gasteiger partial charge in [0.15, 0.2) is 6.10 Å². The number of allylic oxidation sites excluding steroid dienone is 20. The number of rotatable bonds is 49. The van der Waals surface area contributed by atoms with Crippen molar-refractivity contribution in [2.75, 3.05) is 13.2 Å².